The Morgan fingerprint density at radius 3 is 1.58 bits per heavy atom. The van der Waals surface area contributed by atoms with Crippen molar-refractivity contribution >= 4 is 17.9 Å². The van der Waals surface area contributed by atoms with Gasteiger partial charge in [0.25, 0.3) is 0 Å². The molecule has 1 heterocycles. The van der Waals surface area contributed by atoms with Gasteiger partial charge in [0.1, 0.15) is 37.5 Å². The molecule has 1 aliphatic heterocycles. The summed E-state index contributed by atoms with van der Waals surface area (Å²) >= 11 is 0. The highest BCUT2D eigenvalue weighted by molar-refractivity contribution is 5.82. The van der Waals surface area contributed by atoms with E-state index in [2.05, 4.69) is 24.5 Å². The second-order valence-electron chi connectivity index (χ2n) is 16.9. The van der Waals surface area contributed by atoms with Crippen LogP contribution in [0, 0.1) is 0 Å². The van der Waals surface area contributed by atoms with Crippen LogP contribution in [0.4, 0.5) is 4.79 Å². The van der Waals surface area contributed by atoms with Crippen molar-refractivity contribution in [3.63, 3.8) is 0 Å². The quantitative estimate of drug-likeness (QED) is 0.0419. The van der Waals surface area contributed by atoms with Gasteiger partial charge in [0.05, 0.1) is 6.61 Å². The van der Waals surface area contributed by atoms with Crippen LogP contribution in [-0.2, 0) is 25.7 Å². The van der Waals surface area contributed by atoms with Crippen LogP contribution in [0.2, 0.25) is 0 Å². The molecule has 5 atom stereocenters. The number of amides is 3. The molecule has 1 aromatic carbocycles. The largest absolute Gasteiger partial charge is 0.445 e. The third kappa shape index (κ3) is 24.3. The highest BCUT2D eigenvalue weighted by atomic mass is 16.6. The molecule has 11 heteroatoms. The standard InChI is InChI=1S/C48H85N3O8/c1-3-5-7-9-11-13-15-17-18-19-20-22-24-26-31-35-43(54)51(36-32-27-25-23-21-16-14-12-10-8-6-4-2)47-44(46(56)45(55)41(38-52)59-47)50-42(53)37-49-48(57)58-39-40-33-29-28-30-34-40/h28-30,33-34,41,44-47,52,55-56H,3-27,31-32,35-39H2,1-2H3,(H,49,57)(H,50,53)/t41-,44-,45+,46-,47-/m1/s1. The van der Waals surface area contributed by atoms with E-state index in [4.69, 9.17) is 9.47 Å². The first kappa shape index (κ1) is 52.4. The Morgan fingerprint density at radius 1 is 0.644 bits per heavy atom. The molecule has 0 saturated carbocycles. The summed E-state index contributed by atoms with van der Waals surface area (Å²) in [5, 5.41) is 37.3. The molecule has 1 aliphatic rings. The molecule has 0 radical (unpaired) electrons. The Labute approximate surface area is 358 Å². The highest BCUT2D eigenvalue weighted by Gasteiger charge is 2.48. The van der Waals surface area contributed by atoms with Gasteiger partial charge in [0, 0.05) is 13.0 Å². The lowest BCUT2D eigenvalue weighted by molar-refractivity contribution is -0.231. The maximum absolute atomic E-state index is 14.0. The summed E-state index contributed by atoms with van der Waals surface area (Å²) in [6, 6.07) is 7.98. The van der Waals surface area contributed by atoms with Crippen LogP contribution in [-0.4, -0.2) is 88.4 Å². The Morgan fingerprint density at radius 2 is 1.10 bits per heavy atom. The molecule has 1 saturated heterocycles. The van der Waals surface area contributed by atoms with Crippen molar-refractivity contribution in [3.05, 3.63) is 35.9 Å². The van der Waals surface area contributed by atoms with Crippen molar-refractivity contribution in [2.24, 2.45) is 0 Å². The average Bonchev–Trinajstić information content (AvgIpc) is 3.24. The zero-order valence-electron chi connectivity index (χ0n) is 37.2. The number of benzene rings is 1. The summed E-state index contributed by atoms with van der Waals surface area (Å²) in [6.07, 6.45) is 26.8. The lowest BCUT2D eigenvalue weighted by atomic mass is 9.94. The molecule has 2 rings (SSSR count). The number of carbonyl (C=O) groups is 3. The third-order valence-electron chi connectivity index (χ3n) is 11.7. The van der Waals surface area contributed by atoms with Gasteiger partial charge >= 0.3 is 6.09 Å². The Bertz CT molecular complexity index is 1190. The second-order valence-corrected chi connectivity index (χ2v) is 16.9. The van der Waals surface area contributed by atoms with E-state index in [-0.39, 0.29) is 12.5 Å². The van der Waals surface area contributed by atoms with E-state index in [1.54, 1.807) is 4.90 Å². The molecule has 340 valence electrons. The zero-order valence-corrected chi connectivity index (χ0v) is 37.2. The fourth-order valence-electron chi connectivity index (χ4n) is 7.99. The van der Waals surface area contributed by atoms with E-state index in [1.165, 1.54) is 122 Å². The predicted molar refractivity (Wildman–Crippen MR) is 237 cm³/mol. The number of nitrogens with zero attached hydrogens (tertiary/aromatic N) is 1. The van der Waals surface area contributed by atoms with E-state index in [1.807, 2.05) is 30.3 Å². The summed E-state index contributed by atoms with van der Waals surface area (Å²) in [5.41, 5.74) is 0.798. The van der Waals surface area contributed by atoms with Crippen molar-refractivity contribution in [3.8, 4) is 0 Å². The second kappa shape index (κ2) is 34.9. The van der Waals surface area contributed by atoms with Crippen LogP contribution >= 0.6 is 0 Å². The molecule has 11 nitrogen and oxygen atoms in total. The van der Waals surface area contributed by atoms with Gasteiger partial charge in [-0.15, -0.1) is 0 Å². The van der Waals surface area contributed by atoms with E-state index in [0.717, 1.165) is 56.9 Å². The minimum Gasteiger partial charge on any atom is -0.445 e. The number of hydrogen-bond acceptors (Lipinski definition) is 8. The van der Waals surface area contributed by atoms with Crippen LogP contribution in [0.25, 0.3) is 0 Å². The fourth-order valence-corrected chi connectivity index (χ4v) is 7.99. The summed E-state index contributed by atoms with van der Waals surface area (Å²) in [6.45, 7) is 3.88. The molecule has 3 amide bonds. The normalized spacial score (nSPS) is 19.0. The van der Waals surface area contributed by atoms with E-state index in [0.29, 0.717) is 13.0 Å². The Hall–Kier alpha value is -2.73. The van der Waals surface area contributed by atoms with E-state index >= 15 is 0 Å². The minimum atomic E-state index is -1.53. The van der Waals surface area contributed by atoms with Gasteiger partial charge in [-0.25, -0.2) is 4.79 Å². The molecule has 1 fully saturated rings. The lowest BCUT2D eigenvalue weighted by Gasteiger charge is -2.47. The third-order valence-corrected chi connectivity index (χ3v) is 11.7. The maximum atomic E-state index is 14.0. The predicted octanol–water partition coefficient (Wildman–Crippen LogP) is 9.63. The summed E-state index contributed by atoms with van der Waals surface area (Å²) in [5.74, 6) is -0.788. The van der Waals surface area contributed by atoms with Crippen molar-refractivity contribution in [2.45, 2.75) is 231 Å². The topological polar surface area (TPSA) is 158 Å². The fraction of sp³-hybridized carbons (Fsp3) is 0.812. The first-order valence-electron chi connectivity index (χ1n) is 24.0. The van der Waals surface area contributed by atoms with Crippen LogP contribution in [0.5, 0.6) is 0 Å². The average molecular weight is 832 g/mol. The van der Waals surface area contributed by atoms with Gasteiger partial charge in [0.2, 0.25) is 11.8 Å². The number of nitrogens with one attached hydrogen (secondary N) is 2. The number of unbranched alkanes of at least 4 members (excludes halogenated alkanes) is 25. The van der Waals surface area contributed by atoms with Gasteiger partial charge < -0.3 is 40.3 Å². The first-order valence-corrected chi connectivity index (χ1v) is 24.0. The molecular formula is C48H85N3O8. The van der Waals surface area contributed by atoms with Crippen molar-refractivity contribution < 1.29 is 39.2 Å². The van der Waals surface area contributed by atoms with Gasteiger partial charge in [-0.05, 0) is 18.4 Å². The molecule has 5 N–H and O–H groups in total. The first-order chi connectivity index (χ1) is 28.8. The van der Waals surface area contributed by atoms with Crippen LogP contribution in [0.15, 0.2) is 30.3 Å². The number of rotatable bonds is 36. The molecule has 0 unspecified atom stereocenters. The van der Waals surface area contributed by atoms with Crippen molar-refractivity contribution in [1.82, 2.24) is 15.5 Å². The van der Waals surface area contributed by atoms with Crippen molar-refractivity contribution in [1.29, 1.82) is 0 Å². The molecular weight excluding hydrogens is 747 g/mol. The summed E-state index contributed by atoms with van der Waals surface area (Å²) in [4.78, 5) is 41.1. The van der Waals surface area contributed by atoms with Gasteiger partial charge in [0.15, 0.2) is 6.23 Å². The van der Waals surface area contributed by atoms with Crippen LogP contribution in [0.1, 0.15) is 199 Å². The maximum Gasteiger partial charge on any atom is 0.407 e. The molecule has 0 spiro atoms. The molecule has 59 heavy (non-hydrogen) atoms. The van der Waals surface area contributed by atoms with E-state index < -0.39 is 55.7 Å². The number of hydrogen-bond donors (Lipinski definition) is 5. The van der Waals surface area contributed by atoms with Gasteiger partial charge in [-0.3, -0.25) is 9.59 Å². The monoisotopic (exact) mass is 832 g/mol. The molecule has 0 bridgehead atoms. The zero-order chi connectivity index (χ0) is 42.8. The molecule has 1 aromatic rings. The Balaban J connectivity index is 1.92. The summed E-state index contributed by atoms with van der Waals surface area (Å²) < 4.78 is 11.3. The molecule has 0 aromatic heterocycles. The number of aliphatic hydroxyl groups is 3. The van der Waals surface area contributed by atoms with Crippen LogP contribution < -0.4 is 10.6 Å². The van der Waals surface area contributed by atoms with Crippen molar-refractivity contribution in [2.75, 3.05) is 19.7 Å². The number of aliphatic hydroxyl groups excluding tert-OH is 3. The smallest absolute Gasteiger partial charge is 0.407 e. The Kier molecular flexibility index (Phi) is 31.0. The van der Waals surface area contributed by atoms with Crippen LogP contribution in [0.3, 0.4) is 0 Å². The summed E-state index contributed by atoms with van der Waals surface area (Å²) in [7, 11) is 0. The number of alkyl carbamates (subject to hydrolysis) is 1. The highest BCUT2D eigenvalue weighted by Crippen LogP contribution is 2.26. The van der Waals surface area contributed by atoms with Gasteiger partial charge in [-0.2, -0.15) is 0 Å². The lowest BCUT2D eigenvalue weighted by Crippen LogP contribution is -2.69. The SMILES string of the molecule is CCCCCCCCCCCCCCCCCC(=O)N(CCCCCCCCCCCCCC)[C@@H]1O[C@H](CO)[C@H](O)[C@H](O)[C@H]1NC(=O)CNC(=O)OCc1ccccc1. The number of carbonyl (C=O) groups excluding carboxylic acids is 3. The minimum absolute atomic E-state index is 0.0375. The van der Waals surface area contributed by atoms with Gasteiger partial charge in [-0.1, -0.05) is 205 Å². The van der Waals surface area contributed by atoms with E-state index in [9.17, 15) is 29.7 Å². The molecule has 0 aliphatic carbocycles. The number of ether oxygens (including phenoxy) is 2.